The van der Waals surface area contributed by atoms with E-state index in [0.717, 1.165) is 16.9 Å². The highest BCUT2D eigenvalue weighted by molar-refractivity contribution is 5.81. The summed E-state index contributed by atoms with van der Waals surface area (Å²) in [5.41, 5.74) is 3.17. The summed E-state index contributed by atoms with van der Waals surface area (Å²) in [4.78, 5) is 22.5. The summed E-state index contributed by atoms with van der Waals surface area (Å²) in [6.07, 6.45) is 0.525. The summed E-state index contributed by atoms with van der Waals surface area (Å²) in [6, 6.07) is 18.3. The van der Waals surface area contributed by atoms with Gasteiger partial charge in [0.2, 0.25) is 5.91 Å². The molecule has 2 atom stereocenters. The molecule has 1 fully saturated rings. The van der Waals surface area contributed by atoms with Crippen LogP contribution in [0.25, 0.3) is 11.0 Å². The van der Waals surface area contributed by atoms with Crippen LogP contribution < -0.4 is 0 Å². The Labute approximate surface area is 135 Å². The van der Waals surface area contributed by atoms with Crippen molar-refractivity contribution in [3.63, 3.8) is 0 Å². The third-order valence-electron chi connectivity index (χ3n) is 4.70. The number of nitrogens with one attached hydrogen (secondary N) is 1. The van der Waals surface area contributed by atoms with Crippen molar-refractivity contribution < 1.29 is 4.79 Å². The molecule has 1 saturated heterocycles. The maximum Gasteiger partial charge on any atom is 0.223 e. The number of amides is 1. The summed E-state index contributed by atoms with van der Waals surface area (Å²) in [5.74, 6) is 1.26. The molecule has 1 amide bonds. The molecule has 0 saturated carbocycles. The Morgan fingerprint density at radius 3 is 2.65 bits per heavy atom. The van der Waals surface area contributed by atoms with Gasteiger partial charge in [-0.25, -0.2) is 4.98 Å². The van der Waals surface area contributed by atoms with Crippen LogP contribution in [0.5, 0.6) is 0 Å². The summed E-state index contributed by atoms with van der Waals surface area (Å²) in [6.45, 7) is 2.81. The molecule has 0 radical (unpaired) electrons. The normalized spacial score (nSPS) is 19.4. The minimum absolute atomic E-state index is 0.0954. The number of benzene rings is 2. The zero-order chi connectivity index (χ0) is 15.8. The van der Waals surface area contributed by atoms with E-state index >= 15 is 0 Å². The lowest BCUT2D eigenvalue weighted by Crippen LogP contribution is -2.28. The van der Waals surface area contributed by atoms with Gasteiger partial charge >= 0.3 is 0 Å². The maximum atomic E-state index is 12.5. The molecule has 3 aromatic rings. The van der Waals surface area contributed by atoms with Gasteiger partial charge in [-0.3, -0.25) is 4.79 Å². The fraction of sp³-hybridized carbons (Fsp3) is 0.263. The number of fused-ring (bicyclic) bond motifs is 1. The first-order valence-corrected chi connectivity index (χ1v) is 8.01. The number of aromatic amines is 1. The van der Waals surface area contributed by atoms with E-state index in [1.165, 1.54) is 5.56 Å². The topological polar surface area (TPSA) is 49.0 Å². The van der Waals surface area contributed by atoms with Crippen LogP contribution in [0.4, 0.5) is 0 Å². The van der Waals surface area contributed by atoms with Crippen LogP contribution >= 0.6 is 0 Å². The van der Waals surface area contributed by atoms with Crippen LogP contribution in [0, 0.1) is 0 Å². The van der Waals surface area contributed by atoms with Crippen LogP contribution in [0.2, 0.25) is 0 Å². The summed E-state index contributed by atoms with van der Waals surface area (Å²) < 4.78 is 0. The average molecular weight is 305 g/mol. The van der Waals surface area contributed by atoms with Crippen molar-refractivity contribution in [2.45, 2.75) is 25.3 Å². The van der Waals surface area contributed by atoms with E-state index in [9.17, 15) is 4.79 Å². The van der Waals surface area contributed by atoms with Crippen LogP contribution in [-0.2, 0) is 4.79 Å². The Morgan fingerprint density at radius 1 is 1.13 bits per heavy atom. The monoisotopic (exact) mass is 305 g/mol. The highest BCUT2D eigenvalue weighted by Gasteiger charge is 2.35. The highest BCUT2D eigenvalue weighted by Crippen LogP contribution is 2.33. The largest absolute Gasteiger partial charge is 0.342 e. The minimum atomic E-state index is 0.0954. The number of H-pyrrole nitrogens is 1. The smallest absolute Gasteiger partial charge is 0.223 e. The highest BCUT2D eigenvalue weighted by atomic mass is 16.2. The number of carbonyl (C=O) groups excluding carboxylic acids is 1. The van der Waals surface area contributed by atoms with Gasteiger partial charge in [-0.2, -0.15) is 0 Å². The number of para-hydroxylation sites is 2. The first-order valence-electron chi connectivity index (χ1n) is 8.01. The standard InChI is InChI=1S/C19H19N3O/c1-13(14-7-3-2-4-8-14)22-12-15(11-18(22)23)19-20-16-9-5-6-10-17(16)21-19/h2-10,13,15H,11-12H2,1H3,(H,20,21)/t13-,15+/m1/s1. The Kier molecular flexibility index (Phi) is 3.37. The zero-order valence-corrected chi connectivity index (χ0v) is 13.1. The lowest BCUT2D eigenvalue weighted by Gasteiger charge is -2.25. The molecule has 0 aliphatic carbocycles. The van der Waals surface area contributed by atoms with Gasteiger partial charge in [-0.1, -0.05) is 42.5 Å². The van der Waals surface area contributed by atoms with Gasteiger partial charge in [0, 0.05) is 18.9 Å². The average Bonchev–Trinajstić information content (AvgIpc) is 3.18. The zero-order valence-electron chi connectivity index (χ0n) is 13.1. The Morgan fingerprint density at radius 2 is 1.87 bits per heavy atom. The maximum absolute atomic E-state index is 12.5. The number of carbonyl (C=O) groups is 1. The van der Waals surface area contributed by atoms with E-state index in [1.807, 2.05) is 47.4 Å². The molecule has 2 aromatic carbocycles. The molecule has 1 N–H and O–H groups in total. The van der Waals surface area contributed by atoms with Crippen molar-refractivity contribution in [1.29, 1.82) is 0 Å². The molecule has 4 nitrogen and oxygen atoms in total. The van der Waals surface area contributed by atoms with E-state index in [-0.39, 0.29) is 17.9 Å². The van der Waals surface area contributed by atoms with Crippen molar-refractivity contribution in [3.8, 4) is 0 Å². The summed E-state index contributed by atoms with van der Waals surface area (Å²) in [5, 5.41) is 0. The van der Waals surface area contributed by atoms with Gasteiger partial charge in [-0.15, -0.1) is 0 Å². The van der Waals surface area contributed by atoms with Crippen molar-refractivity contribution in [3.05, 3.63) is 66.0 Å². The molecule has 1 aliphatic rings. The number of rotatable bonds is 3. The van der Waals surface area contributed by atoms with E-state index in [0.29, 0.717) is 13.0 Å². The number of likely N-dealkylation sites (tertiary alicyclic amines) is 1. The number of imidazole rings is 1. The molecule has 1 aliphatic heterocycles. The first kappa shape index (κ1) is 14.0. The van der Waals surface area contributed by atoms with Gasteiger partial charge in [0.1, 0.15) is 5.82 Å². The minimum Gasteiger partial charge on any atom is -0.342 e. The number of hydrogen-bond acceptors (Lipinski definition) is 2. The molecule has 4 rings (SSSR count). The number of hydrogen-bond donors (Lipinski definition) is 1. The lowest BCUT2D eigenvalue weighted by atomic mass is 10.1. The van der Waals surface area contributed by atoms with E-state index in [2.05, 4.69) is 29.0 Å². The second-order valence-corrected chi connectivity index (χ2v) is 6.17. The van der Waals surface area contributed by atoms with E-state index in [4.69, 9.17) is 0 Å². The summed E-state index contributed by atoms with van der Waals surface area (Å²) >= 11 is 0. The Hall–Kier alpha value is -2.62. The predicted octanol–water partition coefficient (Wildman–Crippen LogP) is 3.64. The van der Waals surface area contributed by atoms with Gasteiger partial charge < -0.3 is 9.88 Å². The predicted molar refractivity (Wildman–Crippen MR) is 90.0 cm³/mol. The molecular formula is C19H19N3O. The third kappa shape index (κ3) is 2.50. The molecule has 23 heavy (non-hydrogen) atoms. The fourth-order valence-electron chi connectivity index (χ4n) is 3.37. The van der Waals surface area contributed by atoms with Gasteiger partial charge in [0.05, 0.1) is 17.1 Å². The van der Waals surface area contributed by atoms with Crippen LogP contribution in [-0.4, -0.2) is 27.3 Å². The SMILES string of the molecule is C[C@H](c1ccccc1)N1C[C@@H](c2nc3ccccc3[nH]2)CC1=O. The summed E-state index contributed by atoms with van der Waals surface area (Å²) in [7, 11) is 0. The molecule has 4 heteroatoms. The Balaban J connectivity index is 1.58. The van der Waals surface area contributed by atoms with Crippen LogP contribution in [0.15, 0.2) is 54.6 Å². The quantitative estimate of drug-likeness (QED) is 0.803. The van der Waals surface area contributed by atoms with Crippen molar-refractivity contribution in [1.82, 2.24) is 14.9 Å². The third-order valence-corrected chi connectivity index (χ3v) is 4.70. The van der Waals surface area contributed by atoms with Crippen LogP contribution in [0.3, 0.4) is 0 Å². The number of nitrogens with zero attached hydrogens (tertiary/aromatic N) is 2. The van der Waals surface area contributed by atoms with E-state index < -0.39 is 0 Å². The van der Waals surface area contributed by atoms with Gasteiger partial charge in [-0.05, 0) is 24.6 Å². The van der Waals surface area contributed by atoms with Crippen LogP contribution in [0.1, 0.15) is 36.7 Å². The van der Waals surface area contributed by atoms with Crippen molar-refractivity contribution in [2.75, 3.05) is 6.54 Å². The van der Waals surface area contributed by atoms with Gasteiger partial charge in [0.15, 0.2) is 0 Å². The molecule has 0 unspecified atom stereocenters. The molecular weight excluding hydrogens is 286 g/mol. The first-order chi connectivity index (χ1) is 11.2. The molecule has 0 bridgehead atoms. The fourth-order valence-corrected chi connectivity index (χ4v) is 3.37. The molecule has 2 heterocycles. The van der Waals surface area contributed by atoms with Crippen molar-refractivity contribution in [2.24, 2.45) is 0 Å². The van der Waals surface area contributed by atoms with Crippen molar-refractivity contribution >= 4 is 16.9 Å². The second-order valence-electron chi connectivity index (χ2n) is 6.17. The second kappa shape index (κ2) is 5.54. The lowest BCUT2D eigenvalue weighted by molar-refractivity contribution is -0.129. The van der Waals surface area contributed by atoms with Gasteiger partial charge in [0.25, 0.3) is 0 Å². The molecule has 0 spiro atoms. The van der Waals surface area contributed by atoms with E-state index in [1.54, 1.807) is 0 Å². The molecule has 1 aromatic heterocycles. The Bertz CT molecular complexity index is 807. The molecule has 116 valence electrons. The number of aromatic nitrogens is 2.